The molecule has 4 nitrogen and oxygen atoms in total. The zero-order valence-electron chi connectivity index (χ0n) is 15.6. The fourth-order valence-corrected chi connectivity index (χ4v) is 2.59. The fourth-order valence-electron chi connectivity index (χ4n) is 1.57. The summed E-state index contributed by atoms with van der Waals surface area (Å²) < 4.78 is 5.92. The number of thiophene rings is 1. The minimum Gasteiger partial charge on any atom is -0.462 e. The lowest BCUT2D eigenvalue weighted by Gasteiger charge is -1.95. The zero-order valence-corrected chi connectivity index (χ0v) is 17.2. The summed E-state index contributed by atoms with van der Waals surface area (Å²) in [5, 5.41) is 4.79. The molecule has 0 fully saturated rings. The Morgan fingerprint density at radius 1 is 1.54 bits per heavy atom. The largest absolute Gasteiger partial charge is 0.462 e. The number of esters is 1. The van der Waals surface area contributed by atoms with E-state index >= 15 is 0 Å². The summed E-state index contributed by atoms with van der Waals surface area (Å²) in [7, 11) is 1.90. The molecular weight excluding hydrogens is 368 g/mol. The molecule has 1 N–H and O–H groups in total. The summed E-state index contributed by atoms with van der Waals surface area (Å²) in [6.07, 6.45) is 13.8. The summed E-state index contributed by atoms with van der Waals surface area (Å²) in [6.45, 7) is 6.63. The van der Waals surface area contributed by atoms with Crippen LogP contribution in [0.3, 0.4) is 0 Å². The van der Waals surface area contributed by atoms with Crippen LogP contribution < -0.4 is 5.32 Å². The number of halogens is 1. The topological polar surface area (TPSA) is 51.2 Å². The molecule has 26 heavy (non-hydrogen) atoms. The Kier molecular flexibility index (Phi) is 13.9. The van der Waals surface area contributed by atoms with Gasteiger partial charge in [0.15, 0.2) is 0 Å². The van der Waals surface area contributed by atoms with Crippen LogP contribution in [0.2, 0.25) is 0 Å². The number of ether oxygens (including phenoxy) is 1. The van der Waals surface area contributed by atoms with Gasteiger partial charge in [0.05, 0.1) is 11.3 Å². The van der Waals surface area contributed by atoms with Crippen LogP contribution in [-0.4, -0.2) is 31.2 Å². The summed E-state index contributed by atoms with van der Waals surface area (Å²) in [4.78, 5) is 16.0. The van der Waals surface area contributed by atoms with Crippen molar-refractivity contribution in [2.75, 3.05) is 20.2 Å². The number of carbonyl (C=O) groups is 1. The van der Waals surface area contributed by atoms with E-state index < -0.39 is 0 Å². The number of hydrogen-bond acceptors (Lipinski definition) is 5. The van der Waals surface area contributed by atoms with Crippen LogP contribution in [0.1, 0.15) is 30.4 Å². The predicted octanol–water partition coefficient (Wildman–Crippen LogP) is 5.02. The van der Waals surface area contributed by atoms with E-state index in [0.717, 1.165) is 21.7 Å². The molecule has 0 radical (unpaired) electrons. The van der Waals surface area contributed by atoms with Crippen LogP contribution in [0.25, 0.3) is 10.1 Å². The lowest BCUT2D eigenvalue weighted by molar-refractivity contribution is 0.0532. The van der Waals surface area contributed by atoms with Gasteiger partial charge in [0.1, 0.15) is 4.88 Å². The molecule has 0 aromatic carbocycles. The number of carbonyl (C=O) groups excluding carboxylic acids is 1. The van der Waals surface area contributed by atoms with Crippen molar-refractivity contribution in [3.63, 3.8) is 0 Å². The van der Waals surface area contributed by atoms with Gasteiger partial charge in [0.25, 0.3) is 0 Å². The van der Waals surface area contributed by atoms with Crippen LogP contribution in [-0.2, 0) is 4.74 Å². The zero-order chi connectivity index (χ0) is 19.8. The Hall–Kier alpha value is -2.13. The first kappa shape index (κ1) is 23.9. The highest BCUT2D eigenvalue weighted by Crippen LogP contribution is 2.24. The molecular formula is C20H25ClN2O2S. The molecule has 6 heteroatoms. The number of allylic oxidation sites excluding steroid dienone is 3. The number of aromatic nitrogens is 1. The van der Waals surface area contributed by atoms with Gasteiger partial charge in [-0.3, -0.25) is 4.98 Å². The van der Waals surface area contributed by atoms with Gasteiger partial charge in [-0.25, -0.2) is 4.79 Å². The maximum absolute atomic E-state index is 11.4. The maximum atomic E-state index is 11.4. The first-order valence-electron chi connectivity index (χ1n) is 8.04. The van der Waals surface area contributed by atoms with Crippen molar-refractivity contribution >= 4 is 39.0 Å². The van der Waals surface area contributed by atoms with E-state index in [1.54, 1.807) is 26.2 Å². The second kappa shape index (κ2) is 15.2. The van der Waals surface area contributed by atoms with E-state index in [9.17, 15) is 4.79 Å². The van der Waals surface area contributed by atoms with Gasteiger partial charge in [-0.05, 0) is 51.4 Å². The Morgan fingerprint density at radius 3 is 2.77 bits per heavy atom. The molecule has 140 valence electrons. The minimum atomic E-state index is -0.256. The van der Waals surface area contributed by atoms with E-state index in [0.29, 0.717) is 11.5 Å². The van der Waals surface area contributed by atoms with Gasteiger partial charge >= 0.3 is 5.97 Å². The number of terminal acetylenes is 1. The first-order chi connectivity index (χ1) is 12.5. The Morgan fingerprint density at radius 2 is 2.23 bits per heavy atom. The van der Waals surface area contributed by atoms with Crippen LogP contribution in [0.5, 0.6) is 0 Å². The van der Waals surface area contributed by atoms with Crippen molar-refractivity contribution in [3.8, 4) is 12.3 Å². The number of nitrogens with one attached hydrogen (secondary N) is 1. The molecule has 0 aliphatic rings. The van der Waals surface area contributed by atoms with Gasteiger partial charge in [0.2, 0.25) is 0 Å². The molecule has 0 atom stereocenters. The monoisotopic (exact) mass is 392 g/mol. The summed E-state index contributed by atoms with van der Waals surface area (Å²) in [5.41, 5.74) is 0. The summed E-state index contributed by atoms with van der Waals surface area (Å²) in [6, 6.07) is 3.72. The van der Waals surface area contributed by atoms with Crippen LogP contribution in [0.15, 0.2) is 47.8 Å². The van der Waals surface area contributed by atoms with Crippen molar-refractivity contribution in [1.82, 2.24) is 10.3 Å². The third-order valence-electron chi connectivity index (χ3n) is 2.67. The van der Waals surface area contributed by atoms with Gasteiger partial charge in [0, 0.05) is 24.0 Å². The SMILES string of the molecule is C#CC.C/C=C(Cl)\C=C/CNC.CCOC(=O)c1cc2ccncc2s1. The Bertz CT molecular complexity index is 728. The Balaban J connectivity index is 0.000000452. The van der Waals surface area contributed by atoms with Gasteiger partial charge in [-0.2, -0.15) is 0 Å². The fraction of sp³-hybridized carbons (Fsp3) is 0.300. The Labute approximate surface area is 164 Å². The highest BCUT2D eigenvalue weighted by molar-refractivity contribution is 7.20. The molecule has 0 saturated carbocycles. The number of hydrogen-bond donors (Lipinski definition) is 1. The van der Waals surface area contributed by atoms with E-state index in [1.807, 2.05) is 44.3 Å². The number of nitrogens with zero attached hydrogens (tertiary/aromatic N) is 1. The average Bonchev–Trinajstić information content (AvgIpc) is 3.07. The smallest absolute Gasteiger partial charge is 0.348 e. The first-order valence-corrected chi connectivity index (χ1v) is 9.24. The van der Waals surface area contributed by atoms with Crippen molar-refractivity contribution in [1.29, 1.82) is 0 Å². The molecule has 0 spiro atoms. The molecule has 0 unspecified atom stereocenters. The third-order valence-corrected chi connectivity index (χ3v) is 4.08. The van der Waals surface area contributed by atoms with Crippen molar-refractivity contribution < 1.29 is 9.53 Å². The normalized spacial score (nSPS) is 10.4. The molecule has 0 aliphatic carbocycles. The number of fused-ring (bicyclic) bond motifs is 1. The number of pyridine rings is 1. The molecule has 2 rings (SSSR count). The van der Waals surface area contributed by atoms with E-state index in [4.69, 9.17) is 16.3 Å². The quantitative estimate of drug-likeness (QED) is 0.441. The minimum absolute atomic E-state index is 0.256. The van der Waals surface area contributed by atoms with Crippen LogP contribution in [0.4, 0.5) is 0 Å². The predicted molar refractivity (Wildman–Crippen MR) is 113 cm³/mol. The molecule has 0 amide bonds. The van der Waals surface area contributed by atoms with Crippen molar-refractivity contribution in [2.24, 2.45) is 0 Å². The maximum Gasteiger partial charge on any atom is 0.348 e. The lowest BCUT2D eigenvalue weighted by atomic mass is 10.3. The summed E-state index contributed by atoms with van der Waals surface area (Å²) in [5.74, 6) is 1.99. The second-order valence-electron chi connectivity index (χ2n) is 4.67. The number of likely N-dealkylation sites (N-methyl/N-ethyl adjacent to an activating group) is 1. The number of rotatable bonds is 5. The molecule has 2 aromatic rings. The van der Waals surface area contributed by atoms with Crippen LogP contribution >= 0.6 is 22.9 Å². The van der Waals surface area contributed by atoms with Gasteiger partial charge in [-0.1, -0.05) is 23.8 Å². The van der Waals surface area contributed by atoms with Crippen LogP contribution in [0, 0.1) is 12.3 Å². The summed E-state index contributed by atoms with van der Waals surface area (Å²) >= 11 is 7.06. The van der Waals surface area contributed by atoms with E-state index in [1.165, 1.54) is 11.3 Å². The standard InChI is InChI=1S/C10H9NO2S.C7H12ClN.C3H4/c1-2-13-10(12)8-5-7-3-4-11-6-9(7)14-8;1-3-7(8)5-4-6-9-2;1-3-2/h3-6H,2H2,1H3;3-5,9H,6H2,1-2H3;1H,2H3/b;5-4-,7-3+;. The van der Waals surface area contributed by atoms with Crippen molar-refractivity contribution in [3.05, 3.63) is 52.7 Å². The van der Waals surface area contributed by atoms with Gasteiger partial charge < -0.3 is 10.1 Å². The van der Waals surface area contributed by atoms with Crippen molar-refractivity contribution in [2.45, 2.75) is 20.8 Å². The molecule has 0 aliphatic heterocycles. The second-order valence-corrected chi connectivity index (χ2v) is 6.19. The third kappa shape index (κ3) is 10.00. The average molecular weight is 393 g/mol. The molecule has 0 saturated heterocycles. The molecule has 2 heterocycles. The van der Waals surface area contributed by atoms with Gasteiger partial charge in [-0.15, -0.1) is 23.7 Å². The lowest BCUT2D eigenvalue weighted by Crippen LogP contribution is -2.03. The highest BCUT2D eigenvalue weighted by atomic mass is 35.5. The molecule has 2 aromatic heterocycles. The van der Waals surface area contributed by atoms with E-state index in [2.05, 4.69) is 22.6 Å². The molecule has 0 bridgehead atoms. The van der Waals surface area contributed by atoms with E-state index in [-0.39, 0.29) is 5.97 Å². The highest BCUT2D eigenvalue weighted by Gasteiger charge is 2.10.